The predicted molar refractivity (Wildman–Crippen MR) is 168 cm³/mol. The molecule has 2 aromatic heterocycles. The predicted octanol–water partition coefficient (Wildman–Crippen LogP) is 6.88. The standard InChI is InChI=1S/C35H34F3N5O4/c1-2-20-17-23(11-12-24(20)21-13-15-42(16-14-21)33(44)22-9-10-22)40-28-19-47-29-7-3-5-25(31(28)29)27-6-4-8-30(41-27)43-32(35(36,37)38)26(18-39-43)34(45)46/h3-8,11-12,17-18,21-22,28,40H,2,9-10,13-16,19H2,1H3,(H,45,46). The van der Waals surface area contributed by atoms with Crippen LogP contribution in [0.2, 0.25) is 0 Å². The van der Waals surface area contributed by atoms with Gasteiger partial charge in [-0.15, -0.1) is 0 Å². The molecule has 4 aromatic rings. The molecule has 9 nitrogen and oxygen atoms in total. The SMILES string of the molecule is CCc1cc(NC2COc3cccc(-c4cccc(-n5ncc(C(=O)O)c5C(F)(F)F)n4)c32)ccc1C1CCN(C(=O)C2CC2)CC1. The highest BCUT2D eigenvalue weighted by Gasteiger charge is 2.41. The molecule has 1 saturated carbocycles. The maximum absolute atomic E-state index is 13.9. The Morgan fingerprint density at radius 2 is 1.81 bits per heavy atom. The number of carboxylic acids is 1. The number of aromatic nitrogens is 3. The Labute approximate surface area is 269 Å². The van der Waals surface area contributed by atoms with Gasteiger partial charge in [-0.2, -0.15) is 18.3 Å². The number of piperidine rings is 1. The van der Waals surface area contributed by atoms with Crippen LogP contribution >= 0.6 is 0 Å². The fraction of sp³-hybridized carbons (Fsp3) is 0.371. The van der Waals surface area contributed by atoms with Crippen LogP contribution in [0.3, 0.4) is 0 Å². The summed E-state index contributed by atoms with van der Waals surface area (Å²) in [4.78, 5) is 30.6. The van der Waals surface area contributed by atoms with Gasteiger partial charge in [-0.3, -0.25) is 4.79 Å². The Morgan fingerprint density at radius 1 is 1.04 bits per heavy atom. The number of carbonyl (C=O) groups is 2. The maximum Gasteiger partial charge on any atom is 0.434 e. The number of alkyl halides is 3. The number of aromatic carboxylic acids is 1. The number of carboxylic acid groups (broad SMARTS) is 1. The minimum Gasteiger partial charge on any atom is -0.491 e. The van der Waals surface area contributed by atoms with E-state index in [1.807, 2.05) is 17.0 Å². The number of pyridine rings is 1. The second-order valence-electron chi connectivity index (χ2n) is 12.4. The number of aryl methyl sites for hydroxylation is 1. The second-order valence-corrected chi connectivity index (χ2v) is 12.4. The first-order valence-electron chi connectivity index (χ1n) is 15.9. The van der Waals surface area contributed by atoms with Gasteiger partial charge in [-0.1, -0.05) is 31.2 Å². The first kappa shape index (κ1) is 30.8. The van der Waals surface area contributed by atoms with Gasteiger partial charge in [0, 0.05) is 35.8 Å². The van der Waals surface area contributed by atoms with Crippen molar-refractivity contribution in [3.63, 3.8) is 0 Å². The minimum atomic E-state index is -4.96. The molecule has 1 aliphatic carbocycles. The molecule has 2 fully saturated rings. The molecule has 0 bridgehead atoms. The maximum atomic E-state index is 13.9. The summed E-state index contributed by atoms with van der Waals surface area (Å²) in [5, 5.41) is 16.7. The number of likely N-dealkylation sites (tertiary alicyclic amines) is 1. The lowest BCUT2D eigenvalue weighted by Gasteiger charge is -2.33. The number of nitrogens with one attached hydrogen (secondary N) is 1. The molecule has 1 atom stereocenters. The van der Waals surface area contributed by atoms with E-state index in [1.165, 1.54) is 17.2 Å². The van der Waals surface area contributed by atoms with Crippen LogP contribution in [0.15, 0.2) is 60.8 Å². The number of hydrogen-bond acceptors (Lipinski definition) is 6. The molecule has 4 heterocycles. The lowest BCUT2D eigenvalue weighted by molar-refractivity contribution is -0.143. The summed E-state index contributed by atoms with van der Waals surface area (Å²) in [6.07, 6.45) is 0.550. The summed E-state index contributed by atoms with van der Waals surface area (Å²) in [5.41, 5.74) is 3.06. The number of nitrogens with zero attached hydrogens (tertiary/aromatic N) is 4. The van der Waals surface area contributed by atoms with Crippen molar-refractivity contribution in [1.82, 2.24) is 19.7 Å². The van der Waals surface area contributed by atoms with E-state index in [0.29, 0.717) is 46.3 Å². The van der Waals surface area contributed by atoms with Crippen LogP contribution in [-0.4, -0.2) is 56.3 Å². The van der Waals surface area contributed by atoms with Gasteiger partial charge in [0.05, 0.1) is 17.9 Å². The normalized spacial score (nSPS) is 18.1. The van der Waals surface area contributed by atoms with E-state index >= 15 is 0 Å². The fourth-order valence-electron chi connectivity index (χ4n) is 6.87. The van der Waals surface area contributed by atoms with Crippen LogP contribution in [0, 0.1) is 5.92 Å². The lowest BCUT2D eigenvalue weighted by Crippen LogP contribution is -2.38. The Bertz CT molecular complexity index is 1840. The first-order chi connectivity index (χ1) is 22.6. The van der Waals surface area contributed by atoms with Gasteiger partial charge < -0.3 is 20.1 Å². The molecule has 1 amide bonds. The van der Waals surface area contributed by atoms with Crippen molar-refractivity contribution < 1.29 is 32.6 Å². The summed E-state index contributed by atoms with van der Waals surface area (Å²) < 4.78 is 48.3. The van der Waals surface area contributed by atoms with E-state index in [1.54, 1.807) is 18.2 Å². The van der Waals surface area contributed by atoms with Gasteiger partial charge in [0.1, 0.15) is 17.9 Å². The topological polar surface area (TPSA) is 110 Å². The quantitative estimate of drug-likeness (QED) is 0.215. The number of halogens is 3. The van der Waals surface area contributed by atoms with Gasteiger partial charge in [0.2, 0.25) is 5.91 Å². The van der Waals surface area contributed by atoms with Gasteiger partial charge in [0.15, 0.2) is 11.5 Å². The van der Waals surface area contributed by atoms with Gasteiger partial charge in [0.25, 0.3) is 0 Å². The number of hydrogen-bond donors (Lipinski definition) is 2. The number of amides is 1. The summed E-state index contributed by atoms with van der Waals surface area (Å²) >= 11 is 0. The average molecular weight is 646 g/mol. The van der Waals surface area contributed by atoms with Crippen molar-refractivity contribution >= 4 is 17.6 Å². The van der Waals surface area contributed by atoms with E-state index in [0.717, 1.165) is 56.4 Å². The molecule has 1 saturated heterocycles. The molecular weight excluding hydrogens is 611 g/mol. The van der Waals surface area contributed by atoms with Crippen molar-refractivity contribution in [2.24, 2.45) is 5.92 Å². The number of fused-ring (bicyclic) bond motifs is 1. The van der Waals surface area contributed by atoms with Gasteiger partial charge in [-0.05, 0) is 79.5 Å². The molecule has 47 heavy (non-hydrogen) atoms. The zero-order valence-electron chi connectivity index (χ0n) is 25.8. The molecular formula is C35H34F3N5O4. The van der Waals surface area contributed by atoms with E-state index < -0.39 is 23.4 Å². The lowest BCUT2D eigenvalue weighted by atomic mass is 9.85. The number of rotatable bonds is 8. The summed E-state index contributed by atoms with van der Waals surface area (Å²) in [7, 11) is 0. The van der Waals surface area contributed by atoms with Crippen molar-refractivity contribution in [3.05, 3.63) is 88.7 Å². The number of carbonyl (C=O) groups excluding carboxylic acids is 1. The Balaban J connectivity index is 1.14. The van der Waals surface area contributed by atoms with E-state index in [-0.39, 0.29) is 17.8 Å². The molecule has 2 aromatic carbocycles. The van der Waals surface area contributed by atoms with Crippen molar-refractivity contribution in [2.75, 3.05) is 25.0 Å². The summed E-state index contributed by atoms with van der Waals surface area (Å²) in [5.74, 6) is -0.263. The average Bonchev–Trinajstić information content (AvgIpc) is 3.68. The minimum absolute atomic E-state index is 0.158. The molecule has 0 spiro atoms. The van der Waals surface area contributed by atoms with Crippen molar-refractivity contribution in [1.29, 1.82) is 0 Å². The van der Waals surface area contributed by atoms with Crippen LogP contribution in [-0.2, 0) is 17.4 Å². The summed E-state index contributed by atoms with van der Waals surface area (Å²) in [6, 6.07) is 16.3. The molecule has 0 radical (unpaired) electrons. The van der Waals surface area contributed by atoms with E-state index in [4.69, 9.17) is 4.74 Å². The molecule has 7 rings (SSSR count). The van der Waals surface area contributed by atoms with E-state index in [2.05, 4.69) is 40.5 Å². The van der Waals surface area contributed by atoms with Crippen LogP contribution in [0.4, 0.5) is 18.9 Å². The molecule has 2 N–H and O–H groups in total. The molecule has 3 aliphatic rings. The van der Waals surface area contributed by atoms with E-state index in [9.17, 15) is 27.9 Å². The molecule has 2 aliphatic heterocycles. The molecule has 12 heteroatoms. The van der Waals surface area contributed by atoms with Crippen LogP contribution in [0.25, 0.3) is 17.1 Å². The second kappa shape index (κ2) is 12.1. The van der Waals surface area contributed by atoms with Crippen molar-refractivity contribution in [3.8, 4) is 22.8 Å². The largest absolute Gasteiger partial charge is 0.491 e. The summed E-state index contributed by atoms with van der Waals surface area (Å²) in [6.45, 7) is 4.09. The number of anilines is 1. The third kappa shape index (κ3) is 5.92. The Hall–Kier alpha value is -4.87. The Kier molecular flexibility index (Phi) is 7.89. The number of benzene rings is 2. The first-order valence-corrected chi connectivity index (χ1v) is 15.9. The van der Waals surface area contributed by atoms with Gasteiger partial charge in [-0.25, -0.2) is 14.5 Å². The third-order valence-corrected chi connectivity index (χ3v) is 9.35. The molecule has 244 valence electrons. The highest BCUT2D eigenvalue weighted by Crippen LogP contribution is 2.42. The van der Waals surface area contributed by atoms with Crippen molar-refractivity contribution in [2.45, 2.75) is 57.2 Å². The van der Waals surface area contributed by atoms with Crippen LogP contribution in [0.5, 0.6) is 5.75 Å². The monoisotopic (exact) mass is 645 g/mol. The van der Waals surface area contributed by atoms with Crippen LogP contribution in [0.1, 0.15) is 77.3 Å². The Morgan fingerprint density at radius 3 is 2.51 bits per heavy atom. The highest BCUT2D eigenvalue weighted by molar-refractivity contribution is 5.89. The zero-order valence-corrected chi connectivity index (χ0v) is 25.8. The number of ether oxygens (including phenoxy) is 1. The third-order valence-electron chi connectivity index (χ3n) is 9.35. The fourth-order valence-corrected chi connectivity index (χ4v) is 6.87. The highest BCUT2D eigenvalue weighted by atomic mass is 19.4. The van der Waals surface area contributed by atoms with Crippen LogP contribution < -0.4 is 10.1 Å². The smallest absolute Gasteiger partial charge is 0.434 e. The molecule has 1 unspecified atom stereocenters. The van der Waals surface area contributed by atoms with Gasteiger partial charge >= 0.3 is 12.1 Å². The zero-order chi connectivity index (χ0) is 32.9.